The second-order valence-electron chi connectivity index (χ2n) is 7.28. The number of carbonyl (C=O) groups excluding carboxylic acids is 2. The van der Waals surface area contributed by atoms with E-state index in [4.69, 9.17) is 16.3 Å². The number of aliphatic hydroxyl groups excluding tert-OH is 1. The molecule has 28 heavy (non-hydrogen) atoms. The number of fused-ring (bicyclic) bond motifs is 1. The Balaban J connectivity index is 2.50. The van der Waals surface area contributed by atoms with Crippen molar-refractivity contribution in [2.45, 2.75) is 39.7 Å². The maximum absolute atomic E-state index is 12.9. The number of ether oxygens (including phenoxy) is 1. The minimum absolute atomic E-state index is 0.0170. The van der Waals surface area contributed by atoms with Gasteiger partial charge >= 0.3 is 0 Å². The van der Waals surface area contributed by atoms with Gasteiger partial charge in [0.25, 0.3) is 0 Å². The smallest absolute Gasteiger partial charge is 0.214 e. The van der Waals surface area contributed by atoms with E-state index in [1.807, 2.05) is 19.1 Å². The highest BCUT2D eigenvalue weighted by Crippen LogP contribution is 2.39. The highest BCUT2D eigenvalue weighted by atomic mass is 35.5. The van der Waals surface area contributed by atoms with Gasteiger partial charge in [-0.3, -0.25) is 9.59 Å². The Morgan fingerprint density at radius 3 is 2.64 bits per heavy atom. The van der Waals surface area contributed by atoms with Crippen LogP contribution >= 0.6 is 11.6 Å². The number of β-amino-alcohol motifs (C(OH)–C–C–N with tert-alkyl or cyclic N) is 1. The fraction of sp³-hybridized carbons (Fsp3) is 0.455. The van der Waals surface area contributed by atoms with Crippen LogP contribution in [0, 0.1) is 5.92 Å². The number of ketones is 2. The Kier molecular flexibility index (Phi) is 7.21. The summed E-state index contributed by atoms with van der Waals surface area (Å²) in [6.07, 6.45) is 10.5. The molecule has 0 unspecified atom stereocenters. The van der Waals surface area contributed by atoms with Gasteiger partial charge in [0.2, 0.25) is 11.6 Å². The SMILES string of the molecule is CC[C@H](C)C=C(C)C=CC1=CC2=C(Cl)C(=O)[C@](C)(OC)C(=O)C2=CN1CCO. The van der Waals surface area contributed by atoms with Crippen molar-refractivity contribution in [3.05, 3.63) is 58.0 Å². The van der Waals surface area contributed by atoms with Gasteiger partial charge in [-0.15, -0.1) is 0 Å². The second-order valence-corrected chi connectivity index (χ2v) is 7.66. The van der Waals surface area contributed by atoms with Crippen LogP contribution in [0.25, 0.3) is 0 Å². The minimum atomic E-state index is -1.63. The molecule has 2 aliphatic rings. The number of carbonyl (C=O) groups is 2. The van der Waals surface area contributed by atoms with E-state index < -0.39 is 17.2 Å². The Bertz CT molecular complexity index is 818. The van der Waals surface area contributed by atoms with Crippen LogP contribution in [0.5, 0.6) is 0 Å². The molecule has 0 amide bonds. The molecule has 6 heteroatoms. The number of allylic oxidation sites excluding steroid dienone is 6. The van der Waals surface area contributed by atoms with Crippen molar-refractivity contribution >= 4 is 23.2 Å². The molecule has 0 fully saturated rings. The minimum Gasteiger partial charge on any atom is -0.395 e. The zero-order valence-electron chi connectivity index (χ0n) is 17.1. The second kappa shape index (κ2) is 9.03. The normalized spacial score (nSPS) is 24.5. The molecule has 152 valence electrons. The van der Waals surface area contributed by atoms with Crippen LogP contribution in [0.2, 0.25) is 0 Å². The van der Waals surface area contributed by atoms with Crippen LogP contribution in [0.1, 0.15) is 34.1 Å². The molecule has 2 atom stereocenters. The van der Waals surface area contributed by atoms with Gasteiger partial charge in [0.05, 0.1) is 11.6 Å². The first-order valence-corrected chi connectivity index (χ1v) is 9.79. The summed E-state index contributed by atoms with van der Waals surface area (Å²) in [7, 11) is 1.32. The predicted molar refractivity (Wildman–Crippen MR) is 111 cm³/mol. The standard InChI is InChI=1S/C22H28ClNO4/c1-6-14(2)11-15(3)7-8-16-12-17-18(13-24(16)9-10-25)20(26)22(4,28-5)21(27)19(17)23/h7-8,11-14,25H,6,9-10H2,1-5H3/t14-,22+/m0/s1. The van der Waals surface area contributed by atoms with Crippen molar-refractivity contribution in [1.82, 2.24) is 4.90 Å². The average molecular weight is 406 g/mol. The number of Topliss-reactive ketones (excluding diaryl/α,β-unsaturated/α-hetero) is 2. The van der Waals surface area contributed by atoms with Gasteiger partial charge in [0.15, 0.2) is 5.60 Å². The summed E-state index contributed by atoms with van der Waals surface area (Å²) in [6.45, 7) is 7.96. The lowest BCUT2D eigenvalue weighted by Gasteiger charge is -2.35. The third-order valence-electron chi connectivity index (χ3n) is 5.20. The third-order valence-corrected chi connectivity index (χ3v) is 5.58. The Labute approximate surface area is 171 Å². The third kappa shape index (κ3) is 4.22. The number of halogens is 1. The summed E-state index contributed by atoms with van der Waals surface area (Å²) in [5.41, 5.74) is 0.921. The van der Waals surface area contributed by atoms with Gasteiger partial charge in [-0.1, -0.05) is 49.6 Å². The van der Waals surface area contributed by atoms with E-state index in [9.17, 15) is 14.7 Å². The highest BCUT2D eigenvalue weighted by Gasteiger charge is 2.49. The molecule has 0 bridgehead atoms. The molecule has 1 heterocycles. The molecule has 0 aromatic heterocycles. The molecule has 5 nitrogen and oxygen atoms in total. The molecule has 0 saturated carbocycles. The van der Waals surface area contributed by atoms with Gasteiger partial charge in [0.1, 0.15) is 0 Å². The van der Waals surface area contributed by atoms with Gasteiger partial charge in [-0.25, -0.2) is 0 Å². The number of hydrogen-bond donors (Lipinski definition) is 1. The summed E-state index contributed by atoms with van der Waals surface area (Å²) < 4.78 is 5.20. The molecule has 1 N–H and O–H groups in total. The van der Waals surface area contributed by atoms with Crippen molar-refractivity contribution in [2.24, 2.45) is 5.92 Å². The number of rotatable bonds is 7. The van der Waals surface area contributed by atoms with Crippen LogP contribution in [0.3, 0.4) is 0 Å². The van der Waals surface area contributed by atoms with Crippen LogP contribution < -0.4 is 0 Å². The maximum Gasteiger partial charge on any atom is 0.214 e. The lowest BCUT2D eigenvalue weighted by molar-refractivity contribution is -0.147. The molecule has 0 aromatic carbocycles. The summed E-state index contributed by atoms with van der Waals surface area (Å²) in [6, 6.07) is 0. The summed E-state index contributed by atoms with van der Waals surface area (Å²) in [4.78, 5) is 27.3. The van der Waals surface area contributed by atoms with E-state index >= 15 is 0 Å². The van der Waals surface area contributed by atoms with E-state index in [1.165, 1.54) is 14.0 Å². The average Bonchev–Trinajstić information content (AvgIpc) is 2.69. The zero-order valence-corrected chi connectivity index (χ0v) is 17.8. The van der Waals surface area contributed by atoms with E-state index in [0.717, 1.165) is 17.7 Å². The van der Waals surface area contributed by atoms with E-state index in [1.54, 1.807) is 17.2 Å². The van der Waals surface area contributed by atoms with Crippen LogP contribution in [0.15, 0.2) is 58.0 Å². The number of aliphatic hydroxyl groups is 1. The Morgan fingerprint density at radius 1 is 1.39 bits per heavy atom. The predicted octanol–water partition coefficient (Wildman–Crippen LogP) is 3.66. The molecule has 0 spiro atoms. The lowest BCUT2D eigenvalue weighted by Crippen LogP contribution is -2.50. The molecule has 0 saturated heterocycles. The molecule has 1 aliphatic carbocycles. The fourth-order valence-electron chi connectivity index (χ4n) is 3.13. The van der Waals surface area contributed by atoms with E-state index in [2.05, 4.69) is 19.9 Å². The van der Waals surface area contributed by atoms with E-state index in [-0.39, 0.29) is 11.6 Å². The first-order valence-electron chi connectivity index (χ1n) is 9.42. The molecular formula is C22H28ClNO4. The van der Waals surface area contributed by atoms with E-state index in [0.29, 0.717) is 23.6 Å². The van der Waals surface area contributed by atoms with Crippen LogP contribution in [-0.4, -0.2) is 47.4 Å². The monoisotopic (exact) mass is 405 g/mol. The quantitative estimate of drug-likeness (QED) is 0.517. The number of methoxy groups -OCH3 is 1. The Hall–Kier alpha value is -1.95. The van der Waals surface area contributed by atoms with Gasteiger partial charge in [0, 0.05) is 36.7 Å². The van der Waals surface area contributed by atoms with Gasteiger partial charge < -0.3 is 14.7 Å². The Morgan fingerprint density at radius 2 is 2.07 bits per heavy atom. The molecule has 0 aromatic rings. The van der Waals surface area contributed by atoms with Crippen LogP contribution in [0.4, 0.5) is 0 Å². The first-order chi connectivity index (χ1) is 13.2. The van der Waals surface area contributed by atoms with Crippen molar-refractivity contribution in [3.8, 4) is 0 Å². The van der Waals surface area contributed by atoms with Gasteiger partial charge in [-0.05, 0) is 31.9 Å². The van der Waals surface area contributed by atoms with Crippen molar-refractivity contribution in [1.29, 1.82) is 0 Å². The zero-order chi connectivity index (χ0) is 21.1. The van der Waals surface area contributed by atoms with Crippen molar-refractivity contribution < 1.29 is 19.4 Å². The molecule has 1 aliphatic heterocycles. The van der Waals surface area contributed by atoms with Crippen molar-refractivity contribution in [3.63, 3.8) is 0 Å². The highest BCUT2D eigenvalue weighted by molar-refractivity contribution is 6.49. The topological polar surface area (TPSA) is 66.8 Å². The fourth-order valence-corrected chi connectivity index (χ4v) is 3.47. The number of nitrogens with zero attached hydrogens (tertiary/aromatic N) is 1. The summed E-state index contributed by atoms with van der Waals surface area (Å²) in [5.74, 6) is -0.506. The number of hydrogen-bond acceptors (Lipinski definition) is 5. The first kappa shape index (κ1) is 22.3. The lowest BCUT2D eigenvalue weighted by atomic mass is 9.79. The molecule has 2 rings (SSSR count). The maximum atomic E-state index is 12.9. The molecule has 0 radical (unpaired) electrons. The summed E-state index contributed by atoms with van der Waals surface area (Å²) >= 11 is 6.32. The van der Waals surface area contributed by atoms with Gasteiger partial charge in [-0.2, -0.15) is 0 Å². The van der Waals surface area contributed by atoms with Crippen LogP contribution in [-0.2, 0) is 14.3 Å². The molecular weight excluding hydrogens is 378 g/mol. The van der Waals surface area contributed by atoms with Crippen molar-refractivity contribution in [2.75, 3.05) is 20.3 Å². The summed E-state index contributed by atoms with van der Waals surface area (Å²) in [5, 5.41) is 9.42. The largest absolute Gasteiger partial charge is 0.395 e.